The zero-order valence-corrected chi connectivity index (χ0v) is 12.6. The van der Waals surface area contributed by atoms with Crippen LogP contribution in [0.15, 0.2) is 24.4 Å². The molecule has 0 radical (unpaired) electrons. The van der Waals surface area contributed by atoms with Gasteiger partial charge in [0.1, 0.15) is 0 Å². The number of nitrogens with zero attached hydrogens (tertiary/aromatic N) is 2. The molecule has 0 bridgehead atoms. The van der Waals surface area contributed by atoms with Gasteiger partial charge in [-0.3, -0.25) is 4.68 Å². The van der Waals surface area contributed by atoms with Gasteiger partial charge in [-0.1, -0.05) is 6.07 Å². The third kappa shape index (κ3) is 2.98. The molecule has 0 saturated heterocycles. The first-order chi connectivity index (χ1) is 8.02. The normalized spacial score (nSPS) is 12.2. The van der Waals surface area contributed by atoms with E-state index in [0.717, 1.165) is 13.0 Å². The molecule has 0 unspecified atom stereocenters. The molecule has 0 N–H and O–H groups in total. The van der Waals surface area contributed by atoms with E-state index in [1.807, 2.05) is 6.20 Å². The Morgan fingerprint density at radius 2 is 2.18 bits per heavy atom. The van der Waals surface area contributed by atoms with E-state index in [4.69, 9.17) is 4.74 Å². The number of halogens is 1. The maximum absolute atomic E-state index is 5.43. The van der Waals surface area contributed by atoms with E-state index < -0.39 is 0 Å². The van der Waals surface area contributed by atoms with Gasteiger partial charge in [-0.2, -0.15) is 5.10 Å². The highest BCUT2D eigenvalue weighted by molar-refractivity contribution is 14.1. The third-order valence-electron chi connectivity index (χ3n) is 3.09. The molecule has 0 fully saturated rings. The summed E-state index contributed by atoms with van der Waals surface area (Å²) in [6, 6.07) is 6.39. The number of methoxy groups -OCH3 is 1. The molecule has 92 valence electrons. The van der Waals surface area contributed by atoms with Crippen LogP contribution in [0, 0.1) is 3.57 Å². The van der Waals surface area contributed by atoms with Crippen LogP contribution in [0.2, 0.25) is 0 Å². The van der Waals surface area contributed by atoms with Gasteiger partial charge in [0.2, 0.25) is 0 Å². The summed E-state index contributed by atoms with van der Waals surface area (Å²) < 4.78 is 8.72. The van der Waals surface area contributed by atoms with Crippen LogP contribution < -0.4 is 0 Å². The molecule has 3 nitrogen and oxygen atoms in total. The zero-order valence-electron chi connectivity index (χ0n) is 10.4. The molecule has 17 heavy (non-hydrogen) atoms. The maximum Gasteiger partial charge on any atom is 0.0692 e. The summed E-state index contributed by atoms with van der Waals surface area (Å²) in [6.45, 7) is 5.08. The number of benzene rings is 1. The minimum atomic E-state index is -0.0970. The van der Waals surface area contributed by atoms with Crippen LogP contribution in [-0.4, -0.2) is 22.5 Å². The van der Waals surface area contributed by atoms with Crippen molar-refractivity contribution in [2.24, 2.45) is 0 Å². The van der Waals surface area contributed by atoms with Crippen molar-refractivity contribution in [3.8, 4) is 0 Å². The summed E-state index contributed by atoms with van der Waals surface area (Å²) in [5.74, 6) is 0. The Morgan fingerprint density at radius 1 is 1.41 bits per heavy atom. The second-order valence-corrected chi connectivity index (χ2v) is 6.03. The van der Waals surface area contributed by atoms with Crippen LogP contribution in [0.3, 0.4) is 0 Å². The first-order valence-electron chi connectivity index (χ1n) is 5.68. The Bertz CT molecular complexity index is 519. The highest BCUT2D eigenvalue weighted by Crippen LogP contribution is 2.19. The molecule has 0 aliphatic heterocycles. The standard InChI is InChI=1S/C13H17IN2O/c1-13(2,17-3)6-7-16-12-8-11(14)5-4-10(12)9-15-16/h4-5,8-9H,6-7H2,1-3H3. The van der Waals surface area contributed by atoms with Gasteiger partial charge >= 0.3 is 0 Å². The number of hydrogen-bond donors (Lipinski definition) is 0. The lowest BCUT2D eigenvalue weighted by Gasteiger charge is -2.22. The van der Waals surface area contributed by atoms with Gasteiger partial charge in [-0.25, -0.2) is 0 Å². The average molecular weight is 344 g/mol. The van der Waals surface area contributed by atoms with Gasteiger partial charge in [0.05, 0.1) is 17.3 Å². The monoisotopic (exact) mass is 344 g/mol. The van der Waals surface area contributed by atoms with Gasteiger partial charge in [-0.15, -0.1) is 0 Å². The molecule has 2 aromatic rings. The highest BCUT2D eigenvalue weighted by Gasteiger charge is 2.16. The van der Waals surface area contributed by atoms with Gasteiger partial charge < -0.3 is 4.74 Å². The molecular formula is C13H17IN2O. The predicted octanol–water partition coefficient (Wildman–Crippen LogP) is 3.46. The summed E-state index contributed by atoms with van der Waals surface area (Å²) in [6.07, 6.45) is 2.87. The Hall–Kier alpha value is -0.620. The van der Waals surface area contributed by atoms with Crippen LogP contribution in [0.5, 0.6) is 0 Å². The van der Waals surface area contributed by atoms with Gasteiger partial charge in [-0.05, 0) is 55.0 Å². The first-order valence-corrected chi connectivity index (χ1v) is 6.76. The molecule has 0 aliphatic rings. The van der Waals surface area contributed by atoms with Crippen molar-refractivity contribution in [1.82, 2.24) is 9.78 Å². The lowest BCUT2D eigenvalue weighted by Crippen LogP contribution is -2.24. The van der Waals surface area contributed by atoms with Crippen molar-refractivity contribution >= 4 is 33.5 Å². The Balaban J connectivity index is 2.22. The number of rotatable bonds is 4. The van der Waals surface area contributed by atoms with Crippen molar-refractivity contribution in [1.29, 1.82) is 0 Å². The van der Waals surface area contributed by atoms with Crippen molar-refractivity contribution in [2.45, 2.75) is 32.4 Å². The lowest BCUT2D eigenvalue weighted by molar-refractivity contribution is 0.0116. The van der Waals surface area contributed by atoms with E-state index in [1.54, 1.807) is 7.11 Å². The molecule has 0 spiro atoms. The fourth-order valence-electron chi connectivity index (χ4n) is 1.70. The molecule has 0 amide bonds. The van der Waals surface area contributed by atoms with E-state index in [0.29, 0.717) is 0 Å². The van der Waals surface area contributed by atoms with Crippen LogP contribution in [0.4, 0.5) is 0 Å². The van der Waals surface area contributed by atoms with Crippen LogP contribution in [0.25, 0.3) is 10.9 Å². The fourth-order valence-corrected chi connectivity index (χ4v) is 2.17. The number of hydrogen-bond acceptors (Lipinski definition) is 2. The van der Waals surface area contributed by atoms with Crippen LogP contribution in [-0.2, 0) is 11.3 Å². The van der Waals surface area contributed by atoms with E-state index in [1.165, 1.54) is 14.5 Å². The summed E-state index contributed by atoms with van der Waals surface area (Å²) >= 11 is 2.33. The molecule has 2 rings (SSSR count). The van der Waals surface area contributed by atoms with Gasteiger partial charge in [0.25, 0.3) is 0 Å². The summed E-state index contributed by atoms with van der Waals surface area (Å²) in [4.78, 5) is 0. The summed E-state index contributed by atoms with van der Waals surface area (Å²) in [5.41, 5.74) is 1.10. The summed E-state index contributed by atoms with van der Waals surface area (Å²) in [5, 5.41) is 5.63. The number of ether oxygens (including phenoxy) is 1. The molecule has 0 aliphatic carbocycles. The smallest absolute Gasteiger partial charge is 0.0692 e. The van der Waals surface area contributed by atoms with E-state index >= 15 is 0 Å². The van der Waals surface area contributed by atoms with Crippen LogP contribution >= 0.6 is 22.6 Å². The van der Waals surface area contributed by atoms with Crippen molar-refractivity contribution in [2.75, 3.05) is 7.11 Å². The summed E-state index contributed by atoms with van der Waals surface area (Å²) in [7, 11) is 1.75. The lowest BCUT2D eigenvalue weighted by atomic mass is 10.1. The van der Waals surface area contributed by atoms with E-state index in [2.05, 4.69) is 64.4 Å². The minimum Gasteiger partial charge on any atom is -0.379 e. The number of aromatic nitrogens is 2. The molecule has 0 atom stereocenters. The van der Waals surface area contributed by atoms with Crippen LogP contribution in [0.1, 0.15) is 20.3 Å². The largest absolute Gasteiger partial charge is 0.379 e. The van der Waals surface area contributed by atoms with Crippen molar-refractivity contribution < 1.29 is 4.74 Å². The second-order valence-electron chi connectivity index (χ2n) is 4.78. The van der Waals surface area contributed by atoms with Gasteiger partial charge in [0, 0.05) is 22.6 Å². The van der Waals surface area contributed by atoms with Crippen molar-refractivity contribution in [3.05, 3.63) is 28.0 Å². The Labute approximate surface area is 115 Å². The fraction of sp³-hybridized carbons (Fsp3) is 0.462. The Morgan fingerprint density at radius 3 is 2.88 bits per heavy atom. The zero-order chi connectivity index (χ0) is 12.5. The number of aryl methyl sites for hydroxylation is 1. The topological polar surface area (TPSA) is 27.1 Å². The SMILES string of the molecule is COC(C)(C)CCn1ncc2ccc(I)cc21. The molecule has 4 heteroatoms. The Kier molecular flexibility index (Phi) is 3.73. The molecule has 0 saturated carbocycles. The minimum absolute atomic E-state index is 0.0970. The third-order valence-corrected chi connectivity index (χ3v) is 3.76. The molecular weight excluding hydrogens is 327 g/mol. The first kappa shape index (κ1) is 12.8. The average Bonchev–Trinajstić information content (AvgIpc) is 2.69. The van der Waals surface area contributed by atoms with E-state index in [-0.39, 0.29) is 5.60 Å². The highest BCUT2D eigenvalue weighted by atomic mass is 127. The molecule has 1 heterocycles. The van der Waals surface area contributed by atoms with Crippen molar-refractivity contribution in [3.63, 3.8) is 0 Å². The molecule has 1 aromatic carbocycles. The number of fused-ring (bicyclic) bond motifs is 1. The molecule has 1 aromatic heterocycles. The second kappa shape index (κ2) is 4.94. The maximum atomic E-state index is 5.43. The van der Waals surface area contributed by atoms with E-state index in [9.17, 15) is 0 Å². The van der Waals surface area contributed by atoms with Gasteiger partial charge in [0.15, 0.2) is 0 Å². The predicted molar refractivity (Wildman–Crippen MR) is 78.2 cm³/mol. The quantitative estimate of drug-likeness (QED) is 0.795.